The lowest BCUT2D eigenvalue weighted by Crippen LogP contribution is -1.92. The van der Waals surface area contributed by atoms with Crippen LogP contribution in [0.1, 0.15) is 15.2 Å². The van der Waals surface area contributed by atoms with Crippen molar-refractivity contribution in [2.75, 3.05) is 7.11 Å². The SMILES string of the molecule is [2H]C([2H])([2H])c1c(Br)c(C)c(OC)c(O)c1Br. The van der Waals surface area contributed by atoms with E-state index in [1.54, 1.807) is 6.92 Å². The van der Waals surface area contributed by atoms with Gasteiger partial charge in [-0.05, 0) is 35.3 Å². The summed E-state index contributed by atoms with van der Waals surface area (Å²) in [5.41, 5.74) is 0.595. The van der Waals surface area contributed by atoms with E-state index in [0.717, 1.165) is 0 Å². The van der Waals surface area contributed by atoms with Gasteiger partial charge in [-0.1, -0.05) is 15.9 Å². The summed E-state index contributed by atoms with van der Waals surface area (Å²) in [5, 5.41) is 9.80. The zero-order valence-corrected chi connectivity index (χ0v) is 10.3. The summed E-state index contributed by atoms with van der Waals surface area (Å²) in [6, 6.07) is 0. The molecule has 1 N–H and O–H groups in total. The highest BCUT2D eigenvalue weighted by Crippen LogP contribution is 2.43. The summed E-state index contributed by atoms with van der Waals surface area (Å²) in [4.78, 5) is 0. The van der Waals surface area contributed by atoms with Gasteiger partial charge in [-0.15, -0.1) is 0 Å². The molecule has 1 rings (SSSR count). The minimum atomic E-state index is -2.31. The molecule has 0 aliphatic rings. The fourth-order valence-corrected chi connectivity index (χ4v) is 2.05. The normalized spacial score (nSPS) is 14.6. The van der Waals surface area contributed by atoms with Crippen LogP contribution >= 0.6 is 31.9 Å². The molecule has 0 atom stereocenters. The average Bonchev–Trinajstić information content (AvgIpc) is 2.14. The van der Waals surface area contributed by atoms with E-state index in [-0.39, 0.29) is 21.5 Å². The van der Waals surface area contributed by atoms with Crippen LogP contribution < -0.4 is 4.74 Å². The molecule has 0 saturated heterocycles. The van der Waals surface area contributed by atoms with Crippen molar-refractivity contribution < 1.29 is 14.0 Å². The Morgan fingerprint density at radius 2 is 1.92 bits per heavy atom. The number of rotatable bonds is 1. The van der Waals surface area contributed by atoms with Gasteiger partial charge in [0.05, 0.1) is 11.6 Å². The molecule has 72 valence electrons. The van der Waals surface area contributed by atoms with Crippen LogP contribution in [0, 0.1) is 13.8 Å². The lowest BCUT2D eigenvalue weighted by atomic mass is 10.1. The summed E-state index contributed by atoms with van der Waals surface area (Å²) in [6.07, 6.45) is 0. The zero-order chi connectivity index (χ0) is 12.7. The molecule has 0 radical (unpaired) electrons. The highest BCUT2D eigenvalue weighted by molar-refractivity contribution is 9.11. The van der Waals surface area contributed by atoms with E-state index in [2.05, 4.69) is 31.9 Å². The number of aromatic hydroxyl groups is 1. The van der Waals surface area contributed by atoms with E-state index < -0.39 is 6.85 Å². The van der Waals surface area contributed by atoms with E-state index in [0.29, 0.717) is 10.0 Å². The van der Waals surface area contributed by atoms with Crippen molar-refractivity contribution in [2.45, 2.75) is 13.8 Å². The van der Waals surface area contributed by atoms with Gasteiger partial charge in [0.1, 0.15) is 0 Å². The Hall–Kier alpha value is -0.220. The van der Waals surface area contributed by atoms with Crippen LogP contribution in [-0.2, 0) is 0 Å². The Morgan fingerprint density at radius 1 is 1.31 bits per heavy atom. The van der Waals surface area contributed by atoms with E-state index in [9.17, 15) is 5.11 Å². The van der Waals surface area contributed by atoms with Gasteiger partial charge >= 0.3 is 0 Å². The Labute approximate surface area is 98.4 Å². The van der Waals surface area contributed by atoms with Crippen LogP contribution in [0.15, 0.2) is 8.95 Å². The first kappa shape index (κ1) is 7.12. The van der Waals surface area contributed by atoms with Gasteiger partial charge in [0.15, 0.2) is 11.5 Å². The number of halogens is 2. The summed E-state index contributed by atoms with van der Waals surface area (Å²) in [5.74, 6) is 0.0566. The van der Waals surface area contributed by atoms with Gasteiger partial charge in [0.2, 0.25) is 0 Å². The minimum Gasteiger partial charge on any atom is -0.503 e. The minimum absolute atomic E-state index is 0.0447. The number of hydrogen-bond acceptors (Lipinski definition) is 2. The molecule has 0 amide bonds. The summed E-state index contributed by atoms with van der Waals surface area (Å²) < 4.78 is 27.7. The van der Waals surface area contributed by atoms with Crippen LogP contribution in [0.4, 0.5) is 0 Å². The van der Waals surface area contributed by atoms with Crippen LogP contribution in [0.25, 0.3) is 0 Å². The molecule has 0 fully saturated rings. The molecular weight excluding hydrogens is 300 g/mol. The molecular formula is C9H10Br2O2. The molecule has 0 bridgehead atoms. The van der Waals surface area contributed by atoms with Crippen molar-refractivity contribution in [1.82, 2.24) is 0 Å². The summed E-state index contributed by atoms with van der Waals surface area (Å²) >= 11 is 6.28. The van der Waals surface area contributed by atoms with Crippen LogP contribution in [-0.4, -0.2) is 12.2 Å². The Balaban J connectivity index is 3.67. The molecule has 1 aromatic carbocycles. The second-order valence-electron chi connectivity index (χ2n) is 2.51. The van der Waals surface area contributed by atoms with Crippen molar-refractivity contribution in [3.05, 3.63) is 20.1 Å². The fourth-order valence-electron chi connectivity index (χ4n) is 1.03. The van der Waals surface area contributed by atoms with Gasteiger partial charge in [-0.2, -0.15) is 0 Å². The first-order valence-corrected chi connectivity index (χ1v) is 5.05. The highest BCUT2D eigenvalue weighted by Gasteiger charge is 2.16. The van der Waals surface area contributed by atoms with E-state index in [1.165, 1.54) is 7.11 Å². The maximum atomic E-state index is 9.80. The third-order valence-corrected chi connectivity index (χ3v) is 3.50. The number of phenolic OH excluding ortho intramolecular Hbond substituents is 1. The van der Waals surface area contributed by atoms with Crippen LogP contribution in [0.2, 0.25) is 0 Å². The summed E-state index contributed by atoms with van der Waals surface area (Å²) in [6.45, 7) is -0.642. The van der Waals surface area contributed by atoms with Gasteiger partial charge in [-0.25, -0.2) is 0 Å². The van der Waals surface area contributed by atoms with Crippen molar-refractivity contribution in [3.8, 4) is 11.5 Å². The van der Waals surface area contributed by atoms with Gasteiger partial charge in [0.25, 0.3) is 0 Å². The molecule has 0 saturated carbocycles. The molecule has 0 aromatic heterocycles. The van der Waals surface area contributed by atoms with Gasteiger partial charge in [-0.3, -0.25) is 0 Å². The number of hydrogen-bond donors (Lipinski definition) is 1. The number of methoxy groups -OCH3 is 1. The highest BCUT2D eigenvalue weighted by atomic mass is 79.9. The smallest absolute Gasteiger partial charge is 0.172 e. The first-order chi connectivity index (χ1) is 7.21. The molecule has 0 aliphatic carbocycles. The molecule has 0 heterocycles. The van der Waals surface area contributed by atoms with Crippen molar-refractivity contribution in [1.29, 1.82) is 0 Å². The Kier molecular flexibility index (Phi) is 2.13. The maximum absolute atomic E-state index is 9.80. The molecule has 4 heteroatoms. The Bertz CT molecular complexity index is 401. The standard InChI is InChI=1S/C9H10Br2O2/c1-4-6(10)5(2)9(13-3)8(12)7(4)11/h12H,1-3H3/i1D3. The first-order valence-electron chi connectivity index (χ1n) is 4.96. The van der Waals surface area contributed by atoms with E-state index in [1.807, 2.05) is 0 Å². The number of phenols is 1. The lowest BCUT2D eigenvalue weighted by molar-refractivity contribution is 0.368. The number of ether oxygens (including phenoxy) is 1. The second-order valence-corrected chi connectivity index (χ2v) is 4.10. The van der Waals surface area contributed by atoms with Crippen LogP contribution in [0.5, 0.6) is 11.5 Å². The molecule has 13 heavy (non-hydrogen) atoms. The average molecular weight is 313 g/mol. The van der Waals surface area contributed by atoms with Gasteiger partial charge in [0, 0.05) is 14.1 Å². The lowest BCUT2D eigenvalue weighted by Gasteiger charge is -2.13. The monoisotopic (exact) mass is 311 g/mol. The van der Waals surface area contributed by atoms with Crippen molar-refractivity contribution in [2.24, 2.45) is 0 Å². The zero-order valence-electron chi connectivity index (χ0n) is 10.1. The van der Waals surface area contributed by atoms with Crippen molar-refractivity contribution >= 4 is 31.9 Å². The Morgan fingerprint density at radius 3 is 2.38 bits per heavy atom. The number of benzene rings is 1. The fraction of sp³-hybridized carbons (Fsp3) is 0.333. The van der Waals surface area contributed by atoms with Crippen molar-refractivity contribution in [3.63, 3.8) is 0 Å². The predicted molar refractivity (Wildman–Crippen MR) is 59.5 cm³/mol. The quantitative estimate of drug-likeness (QED) is 0.859. The third kappa shape index (κ3) is 1.70. The third-order valence-electron chi connectivity index (χ3n) is 1.74. The molecule has 1 aromatic rings. The molecule has 0 aliphatic heterocycles. The molecule has 0 spiro atoms. The molecule has 0 unspecified atom stereocenters. The van der Waals surface area contributed by atoms with E-state index >= 15 is 0 Å². The van der Waals surface area contributed by atoms with Crippen LogP contribution in [0.3, 0.4) is 0 Å². The van der Waals surface area contributed by atoms with Gasteiger partial charge < -0.3 is 9.84 Å². The maximum Gasteiger partial charge on any atom is 0.172 e. The predicted octanol–water partition coefficient (Wildman–Crippen LogP) is 3.54. The largest absolute Gasteiger partial charge is 0.503 e. The summed E-state index contributed by atoms with van der Waals surface area (Å²) in [7, 11) is 1.41. The second kappa shape index (κ2) is 3.88. The van der Waals surface area contributed by atoms with E-state index in [4.69, 9.17) is 8.85 Å². The topological polar surface area (TPSA) is 29.5 Å². The molecule has 2 nitrogen and oxygen atoms in total.